The van der Waals surface area contributed by atoms with E-state index < -0.39 is 11.4 Å². The van der Waals surface area contributed by atoms with Crippen LogP contribution in [-0.4, -0.2) is 10.1 Å². The molecule has 2 nitrogen and oxygen atoms in total. The van der Waals surface area contributed by atoms with Crippen molar-refractivity contribution >= 4 is 10.8 Å². The van der Waals surface area contributed by atoms with Crippen LogP contribution in [0.4, 0.5) is 4.39 Å². The summed E-state index contributed by atoms with van der Waals surface area (Å²) < 4.78 is 13.3. The van der Waals surface area contributed by atoms with Crippen LogP contribution in [0.15, 0.2) is 60.9 Å². The summed E-state index contributed by atoms with van der Waals surface area (Å²) in [4.78, 5) is 3.80. The Morgan fingerprint density at radius 3 is 2.45 bits per heavy atom. The minimum Gasteiger partial charge on any atom is -0.381 e. The fourth-order valence-electron chi connectivity index (χ4n) is 2.34. The summed E-state index contributed by atoms with van der Waals surface area (Å²) >= 11 is 0. The quantitative estimate of drug-likeness (QED) is 0.769. The van der Waals surface area contributed by atoms with Crippen LogP contribution in [0, 0.1) is 5.82 Å². The van der Waals surface area contributed by atoms with Crippen molar-refractivity contribution in [1.29, 1.82) is 0 Å². The third-order valence-corrected chi connectivity index (χ3v) is 3.58. The van der Waals surface area contributed by atoms with E-state index in [1.807, 2.05) is 42.5 Å². The third kappa shape index (κ3) is 2.17. The molecule has 1 aromatic heterocycles. The number of pyridine rings is 1. The molecule has 0 fully saturated rings. The minimum absolute atomic E-state index is 0.438. The van der Waals surface area contributed by atoms with Gasteiger partial charge in [-0.1, -0.05) is 36.4 Å². The number of hydrogen-bond acceptors (Lipinski definition) is 2. The molecule has 0 spiro atoms. The molecule has 100 valence electrons. The Morgan fingerprint density at radius 1 is 0.950 bits per heavy atom. The van der Waals surface area contributed by atoms with E-state index in [1.165, 1.54) is 12.3 Å². The number of hydrogen-bond donors (Lipinski definition) is 1. The highest BCUT2D eigenvalue weighted by Crippen LogP contribution is 2.31. The Hall–Kier alpha value is -2.26. The number of benzene rings is 2. The summed E-state index contributed by atoms with van der Waals surface area (Å²) in [5.74, 6) is -0.455. The standard InChI is InChI=1S/C17H14FNO/c1-17(20,15-9-16(18)11-19-10-15)14-7-6-12-4-2-3-5-13(12)8-14/h2-11,20H,1H3. The van der Waals surface area contributed by atoms with Gasteiger partial charge in [0.25, 0.3) is 0 Å². The zero-order valence-corrected chi connectivity index (χ0v) is 11.0. The summed E-state index contributed by atoms with van der Waals surface area (Å²) in [5.41, 5.74) is -0.129. The lowest BCUT2D eigenvalue weighted by Crippen LogP contribution is -2.23. The molecule has 1 unspecified atom stereocenters. The van der Waals surface area contributed by atoms with Gasteiger partial charge in [-0.3, -0.25) is 4.98 Å². The van der Waals surface area contributed by atoms with Crippen molar-refractivity contribution in [2.45, 2.75) is 12.5 Å². The van der Waals surface area contributed by atoms with Crippen molar-refractivity contribution < 1.29 is 9.50 Å². The molecule has 3 rings (SSSR count). The Bertz CT molecular complexity index is 768. The molecular weight excluding hydrogens is 253 g/mol. The zero-order chi connectivity index (χ0) is 14.2. The largest absolute Gasteiger partial charge is 0.381 e. The molecule has 1 atom stereocenters. The predicted molar refractivity (Wildman–Crippen MR) is 76.8 cm³/mol. The normalized spacial score (nSPS) is 14.2. The van der Waals surface area contributed by atoms with E-state index in [-0.39, 0.29) is 0 Å². The van der Waals surface area contributed by atoms with Crippen LogP contribution < -0.4 is 0 Å². The first-order valence-corrected chi connectivity index (χ1v) is 6.40. The van der Waals surface area contributed by atoms with Crippen molar-refractivity contribution in [3.05, 3.63) is 77.9 Å². The zero-order valence-electron chi connectivity index (χ0n) is 11.0. The lowest BCUT2D eigenvalue weighted by Gasteiger charge is -2.24. The highest BCUT2D eigenvalue weighted by molar-refractivity contribution is 5.83. The second kappa shape index (κ2) is 4.69. The van der Waals surface area contributed by atoms with Gasteiger partial charge in [0.15, 0.2) is 0 Å². The average molecular weight is 267 g/mol. The van der Waals surface area contributed by atoms with Crippen molar-refractivity contribution in [3.8, 4) is 0 Å². The van der Waals surface area contributed by atoms with Gasteiger partial charge in [0.2, 0.25) is 0 Å². The van der Waals surface area contributed by atoms with Gasteiger partial charge < -0.3 is 5.11 Å². The molecule has 1 N–H and O–H groups in total. The van der Waals surface area contributed by atoms with E-state index in [0.717, 1.165) is 17.0 Å². The highest BCUT2D eigenvalue weighted by atomic mass is 19.1. The summed E-state index contributed by atoms with van der Waals surface area (Å²) in [6.45, 7) is 1.65. The van der Waals surface area contributed by atoms with Crippen molar-refractivity contribution in [2.75, 3.05) is 0 Å². The van der Waals surface area contributed by atoms with E-state index in [0.29, 0.717) is 11.1 Å². The van der Waals surface area contributed by atoms with Crippen LogP contribution >= 0.6 is 0 Å². The van der Waals surface area contributed by atoms with E-state index in [1.54, 1.807) is 6.92 Å². The second-order valence-electron chi connectivity index (χ2n) is 5.03. The minimum atomic E-state index is -1.28. The van der Waals surface area contributed by atoms with Gasteiger partial charge >= 0.3 is 0 Å². The van der Waals surface area contributed by atoms with Crippen LogP contribution in [0.2, 0.25) is 0 Å². The molecule has 0 radical (unpaired) electrons. The first kappa shape index (κ1) is 12.8. The van der Waals surface area contributed by atoms with Crippen LogP contribution in [0.3, 0.4) is 0 Å². The number of nitrogens with zero attached hydrogens (tertiary/aromatic N) is 1. The summed E-state index contributed by atoms with van der Waals surface area (Å²) in [6, 6.07) is 14.9. The predicted octanol–water partition coefficient (Wildman–Crippen LogP) is 3.63. The van der Waals surface area contributed by atoms with Crippen molar-refractivity contribution in [2.24, 2.45) is 0 Å². The molecule has 0 aliphatic rings. The Morgan fingerprint density at radius 2 is 1.70 bits per heavy atom. The molecular formula is C17H14FNO. The summed E-state index contributed by atoms with van der Waals surface area (Å²) in [7, 11) is 0. The molecule has 3 aromatic rings. The molecule has 0 aliphatic carbocycles. The number of fused-ring (bicyclic) bond motifs is 1. The van der Waals surface area contributed by atoms with Gasteiger partial charge in [-0.15, -0.1) is 0 Å². The third-order valence-electron chi connectivity index (χ3n) is 3.58. The molecule has 0 bridgehead atoms. The molecule has 0 aliphatic heterocycles. The number of aromatic nitrogens is 1. The fraction of sp³-hybridized carbons (Fsp3) is 0.118. The maximum Gasteiger partial charge on any atom is 0.141 e. The first-order valence-electron chi connectivity index (χ1n) is 6.40. The SMILES string of the molecule is CC(O)(c1cncc(F)c1)c1ccc2ccccc2c1. The number of aliphatic hydroxyl groups is 1. The summed E-state index contributed by atoms with van der Waals surface area (Å²) in [6.07, 6.45) is 2.61. The lowest BCUT2D eigenvalue weighted by atomic mass is 9.88. The van der Waals surface area contributed by atoms with Gasteiger partial charge in [0.05, 0.1) is 6.20 Å². The van der Waals surface area contributed by atoms with E-state index >= 15 is 0 Å². The average Bonchev–Trinajstić information content (AvgIpc) is 2.46. The van der Waals surface area contributed by atoms with Crippen molar-refractivity contribution in [1.82, 2.24) is 4.98 Å². The Balaban J connectivity index is 2.13. The van der Waals surface area contributed by atoms with Crippen LogP contribution in [0.5, 0.6) is 0 Å². The molecule has 0 saturated carbocycles. The monoisotopic (exact) mass is 267 g/mol. The van der Waals surface area contributed by atoms with E-state index in [4.69, 9.17) is 0 Å². The molecule has 2 aromatic carbocycles. The van der Waals surface area contributed by atoms with E-state index in [9.17, 15) is 9.50 Å². The molecule has 0 saturated heterocycles. The highest BCUT2D eigenvalue weighted by Gasteiger charge is 2.26. The summed E-state index contributed by atoms with van der Waals surface area (Å²) in [5, 5.41) is 12.9. The smallest absolute Gasteiger partial charge is 0.141 e. The fourth-order valence-corrected chi connectivity index (χ4v) is 2.34. The van der Waals surface area contributed by atoms with E-state index in [2.05, 4.69) is 4.98 Å². The molecule has 0 amide bonds. The van der Waals surface area contributed by atoms with Crippen LogP contribution in [-0.2, 0) is 5.60 Å². The first-order chi connectivity index (χ1) is 9.57. The number of halogens is 1. The molecule has 3 heteroatoms. The maximum absolute atomic E-state index is 13.3. The Labute approximate surface area is 116 Å². The topological polar surface area (TPSA) is 33.1 Å². The van der Waals surface area contributed by atoms with Gasteiger partial charge in [0.1, 0.15) is 11.4 Å². The van der Waals surface area contributed by atoms with Crippen LogP contribution in [0.25, 0.3) is 10.8 Å². The Kier molecular flexibility index (Phi) is 2.99. The second-order valence-corrected chi connectivity index (χ2v) is 5.03. The van der Waals surface area contributed by atoms with Gasteiger partial charge in [0, 0.05) is 11.8 Å². The van der Waals surface area contributed by atoms with Gasteiger partial charge in [-0.2, -0.15) is 0 Å². The molecule has 20 heavy (non-hydrogen) atoms. The van der Waals surface area contributed by atoms with Gasteiger partial charge in [-0.05, 0) is 35.4 Å². The van der Waals surface area contributed by atoms with Crippen molar-refractivity contribution in [3.63, 3.8) is 0 Å². The lowest BCUT2D eigenvalue weighted by molar-refractivity contribution is 0.102. The maximum atomic E-state index is 13.3. The number of rotatable bonds is 2. The van der Waals surface area contributed by atoms with Crippen LogP contribution in [0.1, 0.15) is 18.1 Å². The van der Waals surface area contributed by atoms with Gasteiger partial charge in [-0.25, -0.2) is 4.39 Å². The molecule has 1 heterocycles.